The number of rotatable bonds is 5. The third-order valence-electron chi connectivity index (χ3n) is 6.26. The van der Waals surface area contributed by atoms with Crippen molar-refractivity contribution < 1.29 is 27.2 Å². The number of carbonyl (C=O) groups excluding carboxylic acids is 2. The lowest BCUT2D eigenvalue weighted by Gasteiger charge is -2.28. The van der Waals surface area contributed by atoms with Crippen molar-refractivity contribution >= 4 is 17.6 Å². The van der Waals surface area contributed by atoms with Crippen LogP contribution in [-0.2, 0) is 23.9 Å². The SMILES string of the molecule is CC1(C)C(=O)N(c2ccc(F)c(C(F)(F)F)c2)C(=O)N1Cc1ccccc1Cc1ccc(C#N)cc1. The van der Waals surface area contributed by atoms with Gasteiger partial charge in [0.2, 0.25) is 0 Å². The molecule has 1 saturated heterocycles. The van der Waals surface area contributed by atoms with Gasteiger partial charge in [-0.05, 0) is 67.3 Å². The van der Waals surface area contributed by atoms with E-state index in [4.69, 9.17) is 5.26 Å². The van der Waals surface area contributed by atoms with Gasteiger partial charge in [0.25, 0.3) is 5.91 Å². The minimum Gasteiger partial charge on any atom is -0.305 e. The second-order valence-corrected chi connectivity index (χ2v) is 8.98. The Bertz CT molecular complexity index is 1380. The molecule has 36 heavy (non-hydrogen) atoms. The van der Waals surface area contributed by atoms with Crippen LogP contribution in [0, 0.1) is 17.1 Å². The lowest BCUT2D eigenvalue weighted by Crippen LogP contribution is -2.43. The van der Waals surface area contributed by atoms with Gasteiger partial charge in [-0.3, -0.25) is 4.79 Å². The van der Waals surface area contributed by atoms with E-state index in [0.29, 0.717) is 29.0 Å². The summed E-state index contributed by atoms with van der Waals surface area (Å²) < 4.78 is 53.5. The van der Waals surface area contributed by atoms with Crippen LogP contribution >= 0.6 is 0 Å². The smallest absolute Gasteiger partial charge is 0.305 e. The van der Waals surface area contributed by atoms with Crippen LogP contribution in [0.5, 0.6) is 0 Å². The molecule has 3 aromatic carbocycles. The number of urea groups is 1. The van der Waals surface area contributed by atoms with Crippen molar-refractivity contribution in [3.63, 3.8) is 0 Å². The van der Waals surface area contributed by atoms with Gasteiger partial charge in [0.05, 0.1) is 22.9 Å². The molecule has 3 aromatic rings. The monoisotopic (exact) mass is 495 g/mol. The molecule has 0 bridgehead atoms. The van der Waals surface area contributed by atoms with Gasteiger partial charge < -0.3 is 4.90 Å². The number of halogens is 4. The Hall–Kier alpha value is -4.19. The summed E-state index contributed by atoms with van der Waals surface area (Å²) in [5.74, 6) is -2.20. The summed E-state index contributed by atoms with van der Waals surface area (Å²) in [6.45, 7) is 3.07. The Kier molecular flexibility index (Phi) is 6.31. The summed E-state index contributed by atoms with van der Waals surface area (Å²) in [4.78, 5) is 28.5. The molecule has 0 unspecified atom stereocenters. The van der Waals surface area contributed by atoms with Crippen LogP contribution in [0.25, 0.3) is 0 Å². The van der Waals surface area contributed by atoms with Gasteiger partial charge in [-0.25, -0.2) is 14.1 Å². The van der Waals surface area contributed by atoms with E-state index in [1.807, 2.05) is 30.3 Å². The minimum absolute atomic E-state index is 0.0356. The molecule has 1 aliphatic rings. The molecule has 5 nitrogen and oxygen atoms in total. The second kappa shape index (κ2) is 9.11. The number of hydrogen-bond acceptors (Lipinski definition) is 3. The first-order valence-corrected chi connectivity index (χ1v) is 11.0. The molecule has 9 heteroatoms. The molecule has 0 aromatic heterocycles. The molecule has 0 atom stereocenters. The number of amides is 3. The number of nitriles is 1. The van der Waals surface area contributed by atoms with Gasteiger partial charge in [0.15, 0.2) is 0 Å². The Morgan fingerprint density at radius 2 is 1.58 bits per heavy atom. The molecule has 0 aliphatic carbocycles. The topological polar surface area (TPSA) is 64.4 Å². The van der Waals surface area contributed by atoms with Gasteiger partial charge in [-0.15, -0.1) is 0 Å². The van der Waals surface area contributed by atoms with E-state index in [1.54, 1.807) is 18.2 Å². The van der Waals surface area contributed by atoms with E-state index in [-0.39, 0.29) is 12.2 Å². The second-order valence-electron chi connectivity index (χ2n) is 8.98. The Balaban J connectivity index is 1.65. The molecule has 0 radical (unpaired) electrons. The number of alkyl halides is 3. The van der Waals surface area contributed by atoms with Crippen LogP contribution in [-0.4, -0.2) is 22.4 Å². The maximum absolute atomic E-state index is 13.8. The van der Waals surface area contributed by atoms with Crippen LogP contribution in [0.1, 0.15) is 41.7 Å². The maximum atomic E-state index is 13.8. The first kappa shape index (κ1) is 24.9. The van der Waals surface area contributed by atoms with Crippen LogP contribution in [0.3, 0.4) is 0 Å². The molecule has 3 amide bonds. The zero-order valence-electron chi connectivity index (χ0n) is 19.4. The molecule has 1 fully saturated rings. The number of benzene rings is 3. The molecule has 4 rings (SSSR count). The van der Waals surface area contributed by atoms with Crippen molar-refractivity contribution in [2.45, 2.75) is 38.5 Å². The van der Waals surface area contributed by atoms with E-state index in [0.717, 1.165) is 22.8 Å². The van der Waals surface area contributed by atoms with E-state index >= 15 is 0 Å². The van der Waals surface area contributed by atoms with Crippen molar-refractivity contribution in [1.29, 1.82) is 5.26 Å². The molecule has 0 saturated carbocycles. The average molecular weight is 495 g/mol. The fourth-order valence-electron chi connectivity index (χ4n) is 4.17. The average Bonchev–Trinajstić information content (AvgIpc) is 2.99. The number of carbonyl (C=O) groups is 2. The number of imide groups is 1. The minimum atomic E-state index is -4.98. The highest BCUT2D eigenvalue weighted by molar-refractivity contribution is 6.23. The summed E-state index contributed by atoms with van der Waals surface area (Å²) >= 11 is 0. The van der Waals surface area contributed by atoms with E-state index in [9.17, 15) is 27.2 Å². The Morgan fingerprint density at radius 3 is 2.19 bits per heavy atom. The van der Waals surface area contributed by atoms with E-state index < -0.39 is 35.0 Å². The standard InChI is InChI=1S/C27H21F4N3O2/c1-26(2)24(35)34(21-11-12-23(28)22(14-21)27(29,30)31)25(36)33(26)16-20-6-4-3-5-19(20)13-17-7-9-18(15-32)10-8-17/h3-12,14H,13,16H2,1-2H3. The van der Waals surface area contributed by atoms with E-state index in [1.165, 1.54) is 18.7 Å². The number of anilines is 1. The van der Waals surface area contributed by atoms with Crippen LogP contribution in [0.4, 0.5) is 28.0 Å². The van der Waals surface area contributed by atoms with Crippen molar-refractivity contribution in [3.05, 3.63) is 100 Å². The van der Waals surface area contributed by atoms with Crippen molar-refractivity contribution in [1.82, 2.24) is 4.90 Å². The Morgan fingerprint density at radius 1 is 0.944 bits per heavy atom. The zero-order valence-corrected chi connectivity index (χ0v) is 19.4. The quantitative estimate of drug-likeness (QED) is 0.320. The third-order valence-corrected chi connectivity index (χ3v) is 6.26. The van der Waals surface area contributed by atoms with E-state index in [2.05, 4.69) is 6.07 Å². The summed E-state index contributed by atoms with van der Waals surface area (Å²) in [6, 6.07) is 17.7. The lowest BCUT2D eigenvalue weighted by molar-refractivity contribution is -0.140. The predicted octanol–water partition coefficient (Wildman–Crippen LogP) is 6.05. The highest BCUT2D eigenvalue weighted by Crippen LogP contribution is 2.38. The third kappa shape index (κ3) is 4.54. The van der Waals surface area contributed by atoms with Crippen molar-refractivity contribution in [3.8, 4) is 6.07 Å². The van der Waals surface area contributed by atoms with Crippen LogP contribution in [0.2, 0.25) is 0 Å². The summed E-state index contributed by atoms with van der Waals surface area (Å²) in [6.07, 6.45) is -4.47. The normalized spacial score (nSPS) is 15.4. The lowest BCUT2D eigenvalue weighted by atomic mass is 9.97. The van der Waals surface area contributed by atoms with Gasteiger partial charge in [0, 0.05) is 6.54 Å². The molecule has 0 spiro atoms. The molecule has 0 N–H and O–H groups in total. The maximum Gasteiger partial charge on any atom is 0.419 e. The largest absolute Gasteiger partial charge is 0.419 e. The van der Waals surface area contributed by atoms with Gasteiger partial charge in [-0.1, -0.05) is 36.4 Å². The zero-order chi connectivity index (χ0) is 26.3. The number of nitrogens with zero attached hydrogens (tertiary/aromatic N) is 3. The van der Waals surface area contributed by atoms with Crippen molar-refractivity contribution in [2.75, 3.05) is 4.90 Å². The summed E-state index contributed by atoms with van der Waals surface area (Å²) in [7, 11) is 0. The molecule has 184 valence electrons. The first-order chi connectivity index (χ1) is 16.9. The molecular weight excluding hydrogens is 474 g/mol. The fourth-order valence-corrected chi connectivity index (χ4v) is 4.17. The fraction of sp³-hybridized carbons (Fsp3) is 0.222. The van der Waals surface area contributed by atoms with Crippen LogP contribution in [0.15, 0.2) is 66.7 Å². The number of hydrogen-bond donors (Lipinski definition) is 0. The predicted molar refractivity (Wildman–Crippen MR) is 124 cm³/mol. The van der Waals surface area contributed by atoms with Gasteiger partial charge in [0.1, 0.15) is 11.4 Å². The first-order valence-electron chi connectivity index (χ1n) is 11.0. The summed E-state index contributed by atoms with van der Waals surface area (Å²) in [5, 5.41) is 9.00. The van der Waals surface area contributed by atoms with Gasteiger partial charge in [-0.2, -0.15) is 18.4 Å². The highest BCUT2D eigenvalue weighted by Gasteiger charge is 2.52. The van der Waals surface area contributed by atoms with Gasteiger partial charge >= 0.3 is 12.2 Å². The Labute approximate surface area is 205 Å². The molecular formula is C27H21F4N3O2. The highest BCUT2D eigenvalue weighted by atomic mass is 19.4. The molecule has 1 heterocycles. The molecule has 1 aliphatic heterocycles. The van der Waals surface area contributed by atoms with Crippen molar-refractivity contribution in [2.24, 2.45) is 0 Å². The summed E-state index contributed by atoms with van der Waals surface area (Å²) in [5.41, 5.74) is -0.136. The van der Waals surface area contributed by atoms with Crippen LogP contribution < -0.4 is 4.90 Å².